The summed E-state index contributed by atoms with van der Waals surface area (Å²) in [5.74, 6) is 0. The third-order valence-corrected chi connectivity index (χ3v) is 1.39. The van der Waals surface area contributed by atoms with E-state index in [0.717, 1.165) is 12.8 Å². The lowest BCUT2D eigenvalue weighted by molar-refractivity contribution is 1.01. The van der Waals surface area contributed by atoms with E-state index in [0.29, 0.717) is 11.1 Å². The number of hydrogen-bond donors (Lipinski definition) is 0. The summed E-state index contributed by atoms with van der Waals surface area (Å²) in [6, 6.07) is 3.95. The van der Waals surface area contributed by atoms with Crippen LogP contribution in [0.4, 0.5) is 0 Å². The first-order valence-electron chi connectivity index (χ1n) is 3.09. The Bertz CT molecular complexity index is 241. The van der Waals surface area contributed by atoms with Gasteiger partial charge in [-0.2, -0.15) is 10.5 Å². The maximum absolute atomic E-state index is 8.48. The van der Waals surface area contributed by atoms with E-state index in [1.807, 2.05) is 12.1 Å². The average molecular weight is 130 g/mol. The van der Waals surface area contributed by atoms with Crippen molar-refractivity contribution >= 4 is 0 Å². The Morgan fingerprint density at radius 1 is 1.00 bits per heavy atom. The zero-order valence-corrected chi connectivity index (χ0v) is 5.46. The molecule has 0 atom stereocenters. The number of hydrogen-bond acceptors (Lipinski definition) is 2. The summed E-state index contributed by atoms with van der Waals surface area (Å²) in [7, 11) is 0. The second-order valence-corrected chi connectivity index (χ2v) is 2.04. The van der Waals surface area contributed by atoms with Gasteiger partial charge in [0.25, 0.3) is 0 Å². The van der Waals surface area contributed by atoms with Gasteiger partial charge in [-0.25, -0.2) is 0 Å². The first-order valence-corrected chi connectivity index (χ1v) is 3.09. The first kappa shape index (κ1) is 6.58. The number of rotatable bonds is 0. The fourth-order valence-electron chi connectivity index (χ4n) is 0.887. The van der Waals surface area contributed by atoms with Gasteiger partial charge in [0.05, 0.1) is 11.1 Å². The molecule has 1 aliphatic carbocycles. The Labute approximate surface area is 59.7 Å². The fraction of sp³-hybridized carbons (Fsp3) is 0.250. The Morgan fingerprint density at radius 2 is 1.40 bits per heavy atom. The van der Waals surface area contributed by atoms with E-state index in [1.165, 1.54) is 0 Å². The Morgan fingerprint density at radius 3 is 1.70 bits per heavy atom. The van der Waals surface area contributed by atoms with Crippen molar-refractivity contribution in [2.45, 2.75) is 12.8 Å². The molecule has 0 aromatic carbocycles. The van der Waals surface area contributed by atoms with Crippen LogP contribution in [0.5, 0.6) is 0 Å². The van der Waals surface area contributed by atoms with Crippen LogP contribution in [-0.4, -0.2) is 0 Å². The number of allylic oxidation sites excluding steroid dienone is 4. The molecule has 1 rings (SSSR count). The van der Waals surface area contributed by atoms with E-state index in [2.05, 4.69) is 0 Å². The molecule has 0 heterocycles. The van der Waals surface area contributed by atoms with Gasteiger partial charge in [0.1, 0.15) is 12.1 Å². The molecule has 0 amide bonds. The summed E-state index contributed by atoms with van der Waals surface area (Å²) < 4.78 is 0. The summed E-state index contributed by atoms with van der Waals surface area (Å²) >= 11 is 0. The zero-order valence-electron chi connectivity index (χ0n) is 5.46. The predicted molar refractivity (Wildman–Crippen MR) is 36.6 cm³/mol. The Balaban J connectivity index is 2.93. The maximum atomic E-state index is 8.48. The van der Waals surface area contributed by atoms with Gasteiger partial charge < -0.3 is 0 Å². The molecule has 1 aliphatic rings. The van der Waals surface area contributed by atoms with Gasteiger partial charge in [-0.1, -0.05) is 12.2 Å². The quantitative estimate of drug-likeness (QED) is 0.500. The largest absolute Gasteiger partial charge is 0.192 e. The van der Waals surface area contributed by atoms with Crippen molar-refractivity contribution in [2.24, 2.45) is 0 Å². The van der Waals surface area contributed by atoms with Crippen molar-refractivity contribution < 1.29 is 0 Å². The summed E-state index contributed by atoms with van der Waals surface area (Å²) in [5.41, 5.74) is 1.04. The molecule has 0 saturated heterocycles. The van der Waals surface area contributed by atoms with E-state index < -0.39 is 0 Å². The van der Waals surface area contributed by atoms with Crippen molar-refractivity contribution in [1.82, 2.24) is 0 Å². The molecule has 0 aromatic heterocycles. The highest BCUT2D eigenvalue weighted by atomic mass is 14.3. The molecular formula is C8H6N2. The van der Waals surface area contributed by atoms with Gasteiger partial charge >= 0.3 is 0 Å². The molecule has 10 heavy (non-hydrogen) atoms. The lowest BCUT2D eigenvalue weighted by Gasteiger charge is -2.00. The summed E-state index contributed by atoms with van der Waals surface area (Å²) in [4.78, 5) is 0. The predicted octanol–water partition coefficient (Wildman–Crippen LogP) is 1.68. The molecule has 0 saturated carbocycles. The highest BCUT2D eigenvalue weighted by Gasteiger charge is 2.05. The van der Waals surface area contributed by atoms with Crippen molar-refractivity contribution in [3.63, 3.8) is 0 Å². The summed E-state index contributed by atoms with van der Waals surface area (Å²) in [6.45, 7) is 0. The lowest BCUT2D eigenvalue weighted by Crippen LogP contribution is -1.89. The smallest absolute Gasteiger partial charge is 0.100 e. The summed E-state index contributed by atoms with van der Waals surface area (Å²) in [6.07, 6.45) is 5.37. The molecule has 0 unspecified atom stereocenters. The van der Waals surface area contributed by atoms with E-state index in [-0.39, 0.29) is 0 Å². The van der Waals surface area contributed by atoms with Crippen LogP contribution in [0.25, 0.3) is 0 Å². The second-order valence-electron chi connectivity index (χ2n) is 2.04. The molecule has 0 radical (unpaired) electrons. The molecule has 2 heteroatoms. The molecule has 0 aromatic rings. The van der Waals surface area contributed by atoms with Gasteiger partial charge in [0, 0.05) is 0 Å². The van der Waals surface area contributed by atoms with Crippen LogP contribution < -0.4 is 0 Å². The topological polar surface area (TPSA) is 47.6 Å². The molecule has 48 valence electrons. The molecule has 0 aliphatic heterocycles. The SMILES string of the molecule is N#CC1=CCCC=C1C#N. The zero-order chi connectivity index (χ0) is 7.40. The molecule has 0 spiro atoms. The standard InChI is InChI=1S/C8H6N2/c9-5-7-3-1-2-4-8(7)6-10/h3-4H,1-2H2. The van der Waals surface area contributed by atoms with Crippen LogP contribution in [0.1, 0.15) is 12.8 Å². The third-order valence-electron chi connectivity index (χ3n) is 1.39. The van der Waals surface area contributed by atoms with Crippen LogP contribution in [0.3, 0.4) is 0 Å². The minimum Gasteiger partial charge on any atom is -0.192 e. The van der Waals surface area contributed by atoms with E-state index in [4.69, 9.17) is 10.5 Å². The molecule has 2 nitrogen and oxygen atoms in total. The molecule has 0 fully saturated rings. The molecule has 0 N–H and O–H groups in total. The number of nitrogens with zero attached hydrogens (tertiary/aromatic N) is 2. The monoisotopic (exact) mass is 130 g/mol. The van der Waals surface area contributed by atoms with Crippen LogP contribution >= 0.6 is 0 Å². The number of nitriles is 2. The van der Waals surface area contributed by atoms with Gasteiger partial charge in [-0.05, 0) is 12.8 Å². The van der Waals surface area contributed by atoms with Crippen molar-refractivity contribution in [3.8, 4) is 12.1 Å². The van der Waals surface area contributed by atoms with Crippen molar-refractivity contribution in [3.05, 3.63) is 23.3 Å². The molecule has 0 bridgehead atoms. The van der Waals surface area contributed by atoms with E-state index in [9.17, 15) is 0 Å². The normalized spacial score (nSPS) is 16.2. The second kappa shape index (κ2) is 2.85. The van der Waals surface area contributed by atoms with Crippen molar-refractivity contribution in [1.29, 1.82) is 10.5 Å². The third kappa shape index (κ3) is 1.06. The van der Waals surface area contributed by atoms with Crippen LogP contribution in [0.2, 0.25) is 0 Å². The maximum Gasteiger partial charge on any atom is 0.100 e. The van der Waals surface area contributed by atoms with Gasteiger partial charge in [-0.15, -0.1) is 0 Å². The Kier molecular flexibility index (Phi) is 1.87. The van der Waals surface area contributed by atoms with Crippen LogP contribution in [0, 0.1) is 22.7 Å². The highest BCUT2D eigenvalue weighted by molar-refractivity contribution is 5.51. The summed E-state index contributed by atoms with van der Waals surface area (Å²) in [5, 5.41) is 17.0. The van der Waals surface area contributed by atoms with Gasteiger partial charge in [-0.3, -0.25) is 0 Å². The van der Waals surface area contributed by atoms with E-state index in [1.54, 1.807) is 12.2 Å². The highest BCUT2D eigenvalue weighted by Crippen LogP contribution is 2.16. The fourth-order valence-corrected chi connectivity index (χ4v) is 0.887. The van der Waals surface area contributed by atoms with Crippen LogP contribution in [-0.2, 0) is 0 Å². The van der Waals surface area contributed by atoms with Gasteiger partial charge in [0.15, 0.2) is 0 Å². The van der Waals surface area contributed by atoms with Crippen LogP contribution in [0.15, 0.2) is 23.3 Å². The first-order chi connectivity index (χ1) is 4.88. The Hall–Kier alpha value is -1.54. The minimum absolute atomic E-state index is 0.522. The van der Waals surface area contributed by atoms with Gasteiger partial charge in [0.2, 0.25) is 0 Å². The average Bonchev–Trinajstić information content (AvgIpc) is 2.04. The lowest BCUT2D eigenvalue weighted by atomic mass is 10.0. The van der Waals surface area contributed by atoms with E-state index >= 15 is 0 Å². The minimum atomic E-state index is 0.522. The van der Waals surface area contributed by atoms with Crippen molar-refractivity contribution in [2.75, 3.05) is 0 Å². The molecular weight excluding hydrogens is 124 g/mol.